The smallest absolute Gasteiger partial charge is 0.259 e. The molecule has 0 atom stereocenters. The van der Waals surface area contributed by atoms with E-state index in [2.05, 4.69) is 25.4 Å². The van der Waals surface area contributed by atoms with Crippen molar-refractivity contribution in [3.8, 4) is 34.1 Å². The van der Waals surface area contributed by atoms with Gasteiger partial charge in [-0.3, -0.25) is 14.1 Å². The molecule has 55 heavy (non-hydrogen) atoms. The van der Waals surface area contributed by atoms with Crippen LogP contribution < -0.4 is 25.0 Å². The highest BCUT2D eigenvalue weighted by Crippen LogP contribution is 2.36. The van der Waals surface area contributed by atoms with Crippen LogP contribution in [0.5, 0.6) is 11.5 Å². The van der Waals surface area contributed by atoms with E-state index in [-0.39, 0.29) is 17.1 Å². The molecule has 6 aromatic rings. The van der Waals surface area contributed by atoms with E-state index >= 15 is 0 Å². The summed E-state index contributed by atoms with van der Waals surface area (Å²) in [6.07, 6.45) is 4.73. The highest BCUT2D eigenvalue weighted by Gasteiger charge is 2.23. The first-order chi connectivity index (χ1) is 26.5. The lowest BCUT2D eigenvalue weighted by Gasteiger charge is -2.36. The summed E-state index contributed by atoms with van der Waals surface area (Å²) in [6.45, 7) is 3.52. The maximum Gasteiger partial charge on any atom is 0.259 e. The number of aromatic nitrogens is 4. The van der Waals surface area contributed by atoms with Gasteiger partial charge in [0.1, 0.15) is 44.3 Å². The van der Waals surface area contributed by atoms with Crippen LogP contribution in [-0.4, -0.2) is 97.5 Å². The number of amides is 1. The molecule has 1 aliphatic rings. The Hall–Kier alpha value is -6.13. The van der Waals surface area contributed by atoms with Crippen LogP contribution in [0.2, 0.25) is 0 Å². The molecule has 3 aromatic carbocycles. The molecule has 7 rings (SSSR count). The molecule has 1 amide bonds. The molecule has 0 saturated carbocycles. The van der Waals surface area contributed by atoms with E-state index in [9.17, 15) is 22.0 Å². The minimum Gasteiger partial charge on any atom is -0.496 e. The fourth-order valence-electron chi connectivity index (χ4n) is 6.45. The SMILES string of the molecule is COc1cc(N2CCN(CCS(C)(=O)=O)CC2)ccc1Nc1nccc(-c2c(-c3ccc(OC)c(C(=O)Nc4c(F)cccc4F)c3)nc3ccccn23)n1. The number of para-hydroxylation sites is 1. The first-order valence-electron chi connectivity index (χ1n) is 17.4. The Morgan fingerprint density at radius 3 is 2.36 bits per heavy atom. The topological polar surface area (TPSA) is 143 Å². The number of hydrogen-bond acceptors (Lipinski definition) is 11. The standard InChI is InChI=1S/C39H38F2N8O5S/c1-53-32-13-10-25(23-27(32)38(50)46-36-28(40)7-6-8-29(36)41)35-37(49-16-5-4-9-34(49)45-35)31-14-15-42-39(44-31)43-30-12-11-26(24-33(30)54-2)48-19-17-47(18-20-48)21-22-55(3,51)52/h4-16,23-24H,17-22H2,1-3H3,(H,46,50)(H,42,43,44). The normalized spacial score (nSPS) is 13.5. The number of halogens is 2. The summed E-state index contributed by atoms with van der Waals surface area (Å²) in [7, 11) is -0.0290. The van der Waals surface area contributed by atoms with Gasteiger partial charge in [0.2, 0.25) is 5.95 Å². The average Bonchev–Trinajstić information content (AvgIpc) is 3.58. The summed E-state index contributed by atoms with van der Waals surface area (Å²) in [5, 5.41) is 5.62. The molecule has 1 aliphatic heterocycles. The number of nitrogens with one attached hydrogen (secondary N) is 2. The molecule has 2 N–H and O–H groups in total. The van der Waals surface area contributed by atoms with Gasteiger partial charge in [-0.25, -0.2) is 32.2 Å². The van der Waals surface area contributed by atoms with Crippen LogP contribution >= 0.6 is 0 Å². The number of piperazine rings is 1. The number of methoxy groups -OCH3 is 2. The van der Waals surface area contributed by atoms with Crippen LogP contribution in [-0.2, 0) is 9.84 Å². The number of pyridine rings is 1. The number of imidazole rings is 1. The van der Waals surface area contributed by atoms with Gasteiger partial charge in [0.15, 0.2) is 0 Å². The predicted octanol–water partition coefficient (Wildman–Crippen LogP) is 5.92. The number of benzene rings is 3. The van der Waals surface area contributed by atoms with Crippen LogP contribution in [0.25, 0.3) is 28.3 Å². The van der Waals surface area contributed by atoms with E-state index in [4.69, 9.17) is 19.4 Å². The second-order valence-corrected chi connectivity index (χ2v) is 15.2. The summed E-state index contributed by atoms with van der Waals surface area (Å²) in [4.78, 5) is 32.1. The number of ether oxygens (including phenoxy) is 2. The van der Waals surface area contributed by atoms with Crippen molar-refractivity contribution >= 4 is 44.4 Å². The fraction of sp³-hybridized carbons (Fsp3) is 0.231. The number of carbonyl (C=O) groups is 1. The van der Waals surface area contributed by atoms with Crippen molar-refractivity contribution in [2.45, 2.75) is 0 Å². The van der Waals surface area contributed by atoms with Gasteiger partial charge in [0.25, 0.3) is 5.91 Å². The van der Waals surface area contributed by atoms with Crippen LogP contribution in [0, 0.1) is 11.6 Å². The molecule has 3 aromatic heterocycles. The third kappa shape index (κ3) is 8.19. The Bertz CT molecular complexity index is 2470. The zero-order chi connectivity index (χ0) is 38.7. The molecule has 284 valence electrons. The van der Waals surface area contributed by atoms with Crippen molar-refractivity contribution in [1.82, 2.24) is 24.3 Å². The second kappa shape index (κ2) is 15.7. The summed E-state index contributed by atoms with van der Waals surface area (Å²) in [5.74, 6) is -1.37. The third-order valence-corrected chi connectivity index (χ3v) is 10.2. The predicted molar refractivity (Wildman–Crippen MR) is 207 cm³/mol. The number of rotatable bonds is 12. The van der Waals surface area contributed by atoms with Crippen molar-refractivity contribution in [2.24, 2.45) is 0 Å². The Morgan fingerprint density at radius 1 is 0.873 bits per heavy atom. The summed E-state index contributed by atoms with van der Waals surface area (Å²) in [6, 6.07) is 21.4. The highest BCUT2D eigenvalue weighted by atomic mass is 32.2. The van der Waals surface area contributed by atoms with Gasteiger partial charge in [0.05, 0.1) is 48.3 Å². The molecular formula is C39H38F2N8O5S. The number of sulfone groups is 1. The zero-order valence-corrected chi connectivity index (χ0v) is 31.1. The first-order valence-corrected chi connectivity index (χ1v) is 19.4. The number of anilines is 4. The summed E-state index contributed by atoms with van der Waals surface area (Å²) >= 11 is 0. The van der Waals surface area contributed by atoms with E-state index < -0.39 is 33.1 Å². The molecule has 0 spiro atoms. The molecule has 4 heterocycles. The molecule has 1 saturated heterocycles. The lowest BCUT2D eigenvalue weighted by atomic mass is 10.0. The lowest BCUT2D eigenvalue weighted by molar-refractivity contribution is 0.102. The number of hydrogen-bond donors (Lipinski definition) is 2. The van der Waals surface area contributed by atoms with Crippen LogP contribution in [0.1, 0.15) is 10.4 Å². The van der Waals surface area contributed by atoms with Gasteiger partial charge in [-0.05, 0) is 60.7 Å². The maximum atomic E-state index is 14.4. The number of fused-ring (bicyclic) bond motifs is 1. The van der Waals surface area contributed by atoms with E-state index in [0.29, 0.717) is 52.2 Å². The van der Waals surface area contributed by atoms with Crippen molar-refractivity contribution in [1.29, 1.82) is 0 Å². The largest absolute Gasteiger partial charge is 0.496 e. The van der Waals surface area contributed by atoms with E-state index in [1.807, 2.05) is 47.0 Å². The van der Waals surface area contributed by atoms with Gasteiger partial charge in [0, 0.05) is 68.7 Å². The average molecular weight is 769 g/mol. The fourth-order valence-corrected chi connectivity index (χ4v) is 7.04. The minimum absolute atomic E-state index is 0.0417. The Morgan fingerprint density at radius 2 is 1.64 bits per heavy atom. The van der Waals surface area contributed by atoms with E-state index in [0.717, 1.165) is 44.0 Å². The number of carbonyl (C=O) groups excluding carboxylic acids is 1. The molecule has 0 bridgehead atoms. The molecule has 16 heteroatoms. The highest BCUT2D eigenvalue weighted by molar-refractivity contribution is 7.90. The molecule has 13 nitrogen and oxygen atoms in total. The van der Waals surface area contributed by atoms with Crippen molar-refractivity contribution in [3.05, 3.63) is 108 Å². The lowest BCUT2D eigenvalue weighted by Crippen LogP contribution is -2.47. The molecule has 1 fully saturated rings. The van der Waals surface area contributed by atoms with Crippen molar-refractivity contribution in [2.75, 3.05) is 74.5 Å². The monoisotopic (exact) mass is 768 g/mol. The number of nitrogens with zero attached hydrogens (tertiary/aromatic N) is 6. The van der Waals surface area contributed by atoms with Gasteiger partial charge in [-0.1, -0.05) is 12.1 Å². The molecular weight excluding hydrogens is 731 g/mol. The van der Waals surface area contributed by atoms with Gasteiger partial charge >= 0.3 is 0 Å². The summed E-state index contributed by atoms with van der Waals surface area (Å²) < 4.78 is 65.2. The third-order valence-electron chi connectivity index (χ3n) is 9.29. The second-order valence-electron chi connectivity index (χ2n) is 12.9. The minimum atomic E-state index is -3.02. The van der Waals surface area contributed by atoms with Crippen molar-refractivity contribution < 1.29 is 31.5 Å². The van der Waals surface area contributed by atoms with Gasteiger partial charge < -0.3 is 25.0 Å². The molecule has 0 radical (unpaired) electrons. The van der Waals surface area contributed by atoms with Gasteiger partial charge in [-0.15, -0.1) is 0 Å². The van der Waals surface area contributed by atoms with E-state index in [1.54, 1.807) is 37.6 Å². The zero-order valence-electron chi connectivity index (χ0n) is 30.3. The van der Waals surface area contributed by atoms with Crippen LogP contribution in [0.3, 0.4) is 0 Å². The van der Waals surface area contributed by atoms with E-state index in [1.165, 1.54) is 19.4 Å². The Labute approximate surface area is 316 Å². The summed E-state index contributed by atoms with van der Waals surface area (Å²) in [5.41, 5.74) is 3.85. The van der Waals surface area contributed by atoms with Crippen molar-refractivity contribution in [3.63, 3.8) is 0 Å². The van der Waals surface area contributed by atoms with Gasteiger partial charge in [-0.2, -0.15) is 0 Å². The molecule has 0 unspecified atom stereocenters. The quantitative estimate of drug-likeness (QED) is 0.153. The van der Waals surface area contributed by atoms with Crippen LogP contribution in [0.4, 0.5) is 31.8 Å². The first kappa shape index (κ1) is 37.2. The Balaban J connectivity index is 1.17. The van der Waals surface area contributed by atoms with Crippen LogP contribution in [0.15, 0.2) is 91.3 Å². The molecule has 0 aliphatic carbocycles. The maximum absolute atomic E-state index is 14.4. The Kier molecular flexibility index (Phi) is 10.6.